The van der Waals surface area contributed by atoms with Gasteiger partial charge in [0, 0.05) is 11.1 Å². The van der Waals surface area contributed by atoms with E-state index in [1.54, 1.807) is 48.5 Å². The number of hydrogen-bond acceptors (Lipinski definition) is 7. The van der Waals surface area contributed by atoms with Crippen LogP contribution in [-0.4, -0.2) is 35.5 Å². The van der Waals surface area contributed by atoms with Gasteiger partial charge in [-0.2, -0.15) is 0 Å². The molecule has 0 bridgehead atoms. The van der Waals surface area contributed by atoms with Crippen LogP contribution >= 0.6 is 11.3 Å². The van der Waals surface area contributed by atoms with Gasteiger partial charge in [0.05, 0.1) is 29.5 Å². The van der Waals surface area contributed by atoms with Crippen LogP contribution in [0.15, 0.2) is 72.3 Å². The Kier molecular flexibility index (Phi) is 6.15. The number of amides is 1. The molecule has 7 nitrogen and oxygen atoms in total. The molecule has 0 saturated carbocycles. The van der Waals surface area contributed by atoms with Gasteiger partial charge in [-0.25, -0.2) is 9.37 Å². The van der Waals surface area contributed by atoms with Crippen LogP contribution in [0.2, 0.25) is 0 Å². The number of benzene rings is 3. The largest absolute Gasteiger partial charge is 0.507 e. The van der Waals surface area contributed by atoms with Gasteiger partial charge in [-0.05, 0) is 55.5 Å². The van der Waals surface area contributed by atoms with E-state index in [4.69, 9.17) is 9.47 Å². The van der Waals surface area contributed by atoms with E-state index in [9.17, 15) is 19.1 Å². The molecule has 1 amide bonds. The van der Waals surface area contributed by atoms with Gasteiger partial charge in [0.1, 0.15) is 29.1 Å². The number of ether oxygens (including phenoxy) is 2. The number of anilines is 1. The van der Waals surface area contributed by atoms with Crippen LogP contribution in [0.4, 0.5) is 9.52 Å². The molecule has 1 N–H and O–H groups in total. The Bertz CT molecular complexity index is 1510. The molecule has 0 aliphatic carbocycles. The van der Waals surface area contributed by atoms with Gasteiger partial charge in [0.25, 0.3) is 5.78 Å². The lowest BCUT2D eigenvalue weighted by atomic mass is 9.94. The zero-order valence-electron chi connectivity index (χ0n) is 19.4. The topological polar surface area (TPSA) is 89.0 Å². The minimum Gasteiger partial charge on any atom is -0.507 e. The third kappa shape index (κ3) is 3.97. The molecule has 5 rings (SSSR count). The summed E-state index contributed by atoms with van der Waals surface area (Å²) in [5, 5.41) is 11.5. The number of para-hydroxylation sites is 1. The van der Waals surface area contributed by atoms with E-state index in [0.717, 1.165) is 11.3 Å². The molecule has 1 unspecified atom stereocenters. The van der Waals surface area contributed by atoms with E-state index in [2.05, 4.69) is 4.98 Å². The highest BCUT2D eigenvalue weighted by molar-refractivity contribution is 7.22. The van der Waals surface area contributed by atoms with Crippen LogP contribution in [0, 0.1) is 5.82 Å². The van der Waals surface area contributed by atoms with E-state index in [0.29, 0.717) is 39.4 Å². The van der Waals surface area contributed by atoms with Gasteiger partial charge < -0.3 is 14.6 Å². The minimum atomic E-state index is -1.02. The summed E-state index contributed by atoms with van der Waals surface area (Å²) in [6.45, 7) is 2.34. The predicted octanol–water partition coefficient (Wildman–Crippen LogP) is 5.47. The minimum absolute atomic E-state index is 0.0981. The van der Waals surface area contributed by atoms with Crippen molar-refractivity contribution in [2.24, 2.45) is 0 Å². The first kappa shape index (κ1) is 23.5. The van der Waals surface area contributed by atoms with Crippen LogP contribution in [-0.2, 0) is 9.59 Å². The average molecular weight is 505 g/mol. The molecule has 2 heterocycles. The van der Waals surface area contributed by atoms with E-state index in [-0.39, 0.29) is 16.5 Å². The fourth-order valence-electron chi connectivity index (χ4n) is 4.24. The van der Waals surface area contributed by atoms with Crippen molar-refractivity contribution in [3.05, 3.63) is 89.2 Å². The highest BCUT2D eigenvalue weighted by Crippen LogP contribution is 2.46. The summed E-state index contributed by atoms with van der Waals surface area (Å²) in [5.74, 6) is -1.43. The number of Topliss-reactive ketones (excluding diaryl/α,β-unsaturated/α-hetero) is 1. The van der Waals surface area contributed by atoms with Gasteiger partial charge in [-0.15, -0.1) is 0 Å². The second-order valence-electron chi connectivity index (χ2n) is 7.98. The summed E-state index contributed by atoms with van der Waals surface area (Å²) in [6.07, 6.45) is 0. The number of fused-ring (bicyclic) bond motifs is 1. The molecule has 1 aliphatic rings. The van der Waals surface area contributed by atoms with E-state index in [1.165, 1.54) is 30.2 Å². The maximum Gasteiger partial charge on any atom is 0.301 e. The molecule has 1 fully saturated rings. The normalized spacial score (nSPS) is 17.1. The summed E-state index contributed by atoms with van der Waals surface area (Å²) >= 11 is 1.08. The van der Waals surface area contributed by atoms with Crippen molar-refractivity contribution in [2.45, 2.75) is 13.0 Å². The standard InChI is InChI=1S/C27H21FN2O5S/c1-3-35-17-11-8-15(9-12-17)24(31)22-23(18-6-4-5-7-20(18)34-2)30(26(33)25(22)32)27-29-19-13-10-16(28)14-21(19)36-27/h4-14,23,31H,3H2,1-2H3. The first-order valence-corrected chi connectivity index (χ1v) is 12.0. The third-order valence-electron chi connectivity index (χ3n) is 5.86. The number of aromatic nitrogens is 1. The smallest absolute Gasteiger partial charge is 0.301 e. The first-order chi connectivity index (χ1) is 17.4. The number of carbonyl (C=O) groups is 2. The number of methoxy groups -OCH3 is 1. The van der Waals surface area contributed by atoms with Gasteiger partial charge in [-0.1, -0.05) is 29.5 Å². The van der Waals surface area contributed by atoms with E-state index in [1.807, 2.05) is 6.92 Å². The molecule has 4 aromatic rings. The second kappa shape index (κ2) is 9.43. The monoisotopic (exact) mass is 504 g/mol. The first-order valence-electron chi connectivity index (χ1n) is 11.2. The number of hydrogen-bond donors (Lipinski definition) is 1. The molecule has 36 heavy (non-hydrogen) atoms. The molecule has 1 atom stereocenters. The average Bonchev–Trinajstić information content (AvgIpc) is 3.41. The molecule has 0 spiro atoms. The fraction of sp³-hybridized carbons (Fsp3) is 0.148. The summed E-state index contributed by atoms with van der Waals surface area (Å²) in [5.41, 5.74) is 1.24. The molecule has 0 radical (unpaired) electrons. The Morgan fingerprint density at radius 2 is 1.86 bits per heavy atom. The summed E-state index contributed by atoms with van der Waals surface area (Å²) in [4.78, 5) is 32.5. The zero-order valence-corrected chi connectivity index (χ0v) is 20.2. The number of halogens is 1. The second-order valence-corrected chi connectivity index (χ2v) is 8.99. The molecule has 182 valence electrons. The number of aliphatic hydroxyl groups is 1. The fourth-order valence-corrected chi connectivity index (χ4v) is 5.25. The third-order valence-corrected chi connectivity index (χ3v) is 6.88. The highest BCUT2D eigenvalue weighted by atomic mass is 32.1. The van der Waals surface area contributed by atoms with Gasteiger partial charge in [0.2, 0.25) is 0 Å². The summed E-state index contributed by atoms with van der Waals surface area (Å²) < 4.78 is 25.3. The Balaban J connectivity index is 1.71. The Labute approximate surface area is 210 Å². The zero-order chi connectivity index (χ0) is 25.4. The summed E-state index contributed by atoms with van der Waals surface area (Å²) in [6, 6.07) is 16.6. The van der Waals surface area contributed by atoms with Crippen molar-refractivity contribution >= 4 is 44.1 Å². The number of thiazole rings is 1. The lowest BCUT2D eigenvalue weighted by Crippen LogP contribution is -2.29. The predicted molar refractivity (Wildman–Crippen MR) is 135 cm³/mol. The Hall–Kier alpha value is -4.24. The molecule has 1 aliphatic heterocycles. The van der Waals surface area contributed by atoms with Crippen molar-refractivity contribution < 1.29 is 28.6 Å². The quantitative estimate of drug-likeness (QED) is 0.213. The lowest BCUT2D eigenvalue weighted by molar-refractivity contribution is -0.132. The number of ketones is 1. The number of nitrogens with zero attached hydrogens (tertiary/aromatic N) is 2. The lowest BCUT2D eigenvalue weighted by Gasteiger charge is -2.24. The van der Waals surface area contributed by atoms with Crippen molar-refractivity contribution in [1.82, 2.24) is 4.98 Å². The number of aliphatic hydroxyl groups excluding tert-OH is 1. The van der Waals surface area contributed by atoms with E-state index >= 15 is 0 Å². The highest BCUT2D eigenvalue weighted by Gasteiger charge is 2.49. The Morgan fingerprint density at radius 1 is 1.11 bits per heavy atom. The Morgan fingerprint density at radius 3 is 2.58 bits per heavy atom. The van der Waals surface area contributed by atoms with Crippen LogP contribution in [0.3, 0.4) is 0 Å². The van der Waals surface area contributed by atoms with Crippen LogP contribution in [0.5, 0.6) is 11.5 Å². The van der Waals surface area contributed by atoms with Gasteiger partial charge in [-0.3, -0.25) is 14.5 Å². The van der Waals surface area contributed by atoms with Crippen LogP contribution in [0.1, 0.15) is 24.1 Å². The summed E-state index contributed by atoms with van der Waals surface area (Å²) in [7, 11) is 1.48. The van der Waals surface area contributed by atoms with Crippen molar-refractivity contribution in [2.75, 3.05) is 18.6 Å². The maximum atomic E-state index is 13.8. The van der Waals surface area contributed by atoms with Gasteiger partial charge in [0.15, 0.2) is 5.13 Å². The molecular weight excluding hydrogens is 483 g/mol. The maximum absolute atomic E-state index is 13.8. The van der Waals surface area contributed by atoms with Crippen LogP contribution in [0.25, 0.3) is 16.0 Å². The SMILES string of the molecule is CCOc1ccc(C(O)=C2C(=O)C(=O)N(c3nc4ccc(F)cc4s3)C2c2ccccc2OC)cc1. The van der Waals surface area contributed by atoms with Gasteiger partial charge >= 0.3 is 5.91 Å². The molecule has 9 heteroatoms. The molecular formula is C27H21FN2O5S. The van der Waals surface area contributed by atoms with Crippen molar-refractivity contribution in [3.63, 3.8) is 0 Å². The number of carbonyl (C=O) groups excluding carboxylic acids is 2. The molecule has 1 aromatic heterocycles. The molecule has 3 aromatic carbocycles. The van der Waals surface area contributed by atoms with Crippen molar-refractivity contribution in [1.29, 1.82) is 0 Å². The van der Waals surface area contributed by atoms with E-state index < -0.39 is 23.5 Å². The van der Waals surface area contributed by atoms with Crippen molar-refractivity contribution in [3.8, 4) is 11.5 Å². The number of rotatable bonds is 6. The van der Waals surface area contributed by atoms with Crippen LogP contribution < -0.4 is 14.4 Å². The molecule has 1 saturated heterocycles.